The number of halogens is 1. The van der Waals surface area contributed by atoms with Gasteiger partial charge in [-0.2, -0.15) is 8.42 Å². The molecule has 0 aromatic heterocycles. The van der Waals surface area contributed by atoms with E-state index in [0.29, 0.717) is 0 Å². The molecule has 0 unspecified atom stereocenters. The van der Waals surface area contributed by atoms with Crippen LogP contribution in [0.2, 0.25) is 0 Å². The van der Waals surface area contributed by atoms with E-state index in [1.165, 1.54) is 12.1 Å². The lowest BCUT2D eigenvalue weighted by atomic mass is 10.3. The van der Waals surface area contributed by atoms with Crippen LogP contribution in [0.4, 0.5) is 3.89 Å². The minimum atomic E-state index is -5.05. The van der Waals surface area contributed by atoms with Crippen LogP contribution in [-0.2, 0) is 15.3 Å². The van der Waals surface area contributed by atoms with Crippen LogP contribution in [0.25, 0.3) is 0 Å². The van der Waals surface area contributed by atoms with Gasteiger partial charge in [-0.15, -0.1) is 0 Å². The number of rotatable bonds is 5. The maximum Gasteiger partial charge on any atom is 0.488 e. The minimum Gasteiger partial charge on any atom is -0.482 e. The van der Waals surface area contributed by atoms with Crippen molar-refractivity contribution in [1.82, 2.24) is 0 Å². The summed E-state index contributed by atoms with van der Waals surface area (Å²) in [7, 11) is -5.05. The van der Waals surface area contributed by atoms with Gasteiger partial charge < -0.3 is 14.0 Å². The molecule has 0 aliphatic rings. The molecule has 0 radical (unpaired) electrons. The molecule has 0 saturated heterocycles. The fourth-order valence-electron chi connectivity index (χ4n) is 0.851. The average Bonchev–Trinajstić information content (AvgIpc) is 2.14. The molecule has 0 amide bonds. The topological polar surface area (TPSA) is 89.9 Å². The van der Waals surface area contributed by atoms with Crippen LogP contribution in [0.5, 0.6) is 11.5 Å². The van der Waals surface area contributed by atoms with Crippen molar-refractivity contribution in [1.29, 1.82) is 0 Å². The highest BCUT2D eigenvalue weighted by molar-refractivity contribution is 7.81. The van der Waals surface area contributed by atoms with Gasteiger partial charge in [0, 0.05) is 0 Å². The van der Waals surface area contributed by atoms with Gasteiger partial charge in [0.25, 0.3) is 0 Å². The van der Waals surface area contributed by atoms with Gasteiger partial charge >= 0.3 is 16.5 Å². The molecule has 6 nitrogen and oxygen atoms in total. The summed E-state index contributed by atoms with van der Waals surface area (Å²) in [6, 6.07) is 4.77. The SMILES string of the molecule is O=C(O)COc1ccc(OS(=O)(=O)F)cc1. The highest BCUT2D eigenvalue weighted by atomic mass is 32.3. The second kappa shape index (κ2) is 4.79. The third-order valence-electron chi connectivity index (χ3n) is 1.38. The van der Waals surface area contributed by atoms with Crippen LogP contribution in [0, 0.1) is 0 Å². The predicted octanol–water partition coefficient (Wildman–Crippen LogP) is 0.743. The van der Waals surface area contributed by atoms with Crippen LogP contribution >= 0.6 is 0 Å². The zero-order chi connectivity index (χ0) is 12.2. The Morgan fingerprint density at radius 1 is 1.25 bits per heavy atom. The first-order valence-electron chi connectivity index (χ1n) is 3.95. The van der Waals surface area contributed by atoms with Gasteiger partial charge in [0.2, 0.25) is 0 Å². The molecular weight excluding hydrogens is 243 g/mol. The Balaban J connectivity index is 2.64. The summed E-state index contributed by atoms with van der Waals surface area (Å²) in [6.45, 7) is -0.526. The molecule has 16 heavy (non-hydrogen) atoms. The van der Waals surface area contributed by atoms with Gasteiger partial charge in [0.15, 0.2) is 6.61 Å². The Kier molecular flexibility index (Phi) is 3.67. The molecule has 0 fully saturated rings. The van der Waals surface area contributed by atoms with Crippen molar-refractivity contribution >= 4 is 16.5 Å². The smallest absolute Gasteiger partial charge is 0.482 e. The van der Waals surface area contributed by atoms with Crippen molar-refractivity contribution in [2.45, 2.75) is 0 Å². The van der Waals surface area contributed by atoms with Crippen molar-refractivity contribution in [3.05, 3.63) is 24.3 Å². The summed E-state index contributed by atoms with van der Waals surface area (Å²) in [4.78, 5) is 10.1. The number of carbonyl (C=O) groups is 1. The molecule has 88 valence electrons. The fourth-order valence-corrected chi connectivity index (χ4v) is 1.19. The number of carboxylic acids is 1. The van der Waals surface area contributed by atoms with Gasteiger partial charge in [-0.05, 0) is 24.3 Å². The first-order chi connectivity index (χ1) is 7.37. The molecule has 1 aromatic rings. The quantitative estimate of drug-likeness (QED) is 0.775. The molecule has 8 heteroatoms. The van der Waals surface area contributed by atoms with E-state index in [2.05, 4.69) is 4.18 Å². The molecule has 0 atom stereocenters. The zero-order valence-corrected chi connectivity index (χ0v) is 8.61. The number of hydrogen-bond donors (Lipinski definition) is 1. The molecule has 1 aromatic carbocycles. The maximum atomic E-state index is 12.1. The minimum absolute atomic E-state index is 0.200. The van der Waals surface area contributed by atoms with Gasteiger partial charge in [0.05, 0.1) is 0 Å². The third-order valence-corrected chi connectivity index (χ3v) is 1.77. The third kappa shape index (κ3) is 4.60. The van der Waals surface area contributed by atoms with E-state index in [1.54, 1.807) is 0 Å². The summed E-state index contributed by atoms with van der Waals surface area (Å²) in [5.74, 6) is -1.18. The molecule has 0 aliphatic carbocycles. The van der Waals surface area contributed by atoms with E-state index in [1.807, 2.05) is 0 Å². The summed E-state index contributed by atoms with van der Waals surface area (Å²) in [6.07, 6.45) is 0. The first kappa shape index (κ1) is 12.2. The highest BCUT2D eigenvalue weighted by Crippen LogP contribution is 2.19. The number of aliphatic carboxylic acids is 1. The molecule has 0 aliphatic heterocycles. The molecular formula is C8H7FO6S. The van der Waals surface area contributed by atoms with Crippen LogP contribution in [0.1, 0.15) is 0 Å². The second-order valence-corrected chi connectivity index (χ2v) is 3.58. The van der Waals surface area contributed by atoms with E-state index in [4.69, 9.17) is 9.84 Å². The van der Waals surface area contributed by atoms with Crippen LogP contribution in [0.15, 0.2) is 24.3 Å². The summed E-state index contributed by atoms with van der Waals surface area (Å²) in [5.41, 5.74) is 0. The van der Waals surface area contributed by atoms with Gasteiger partial charge in [-0.25, -0.2) is 4.79 Å². The van der Waals surface area contributed by atoms with Gasteiger partial charge in [-0.1, -0.05) is 3.89 Å². The lowest BCUT2D eigenvalue weighted by molar-refractivity contribution is -0.139. The molecule has 0 heterocycles. The van der Waals surface area contributed by atoms with Crippen molar-refractivity contribution in [3.8, 4) is 11.5 Å². The van der Waals surface area contributed by atoms with E-state index in [9.17, 15) is 17.1 Å². The molecule has 1 rings (SSSR count). The Morgan fingerprint density at radius 2 is 1.75 bits per heavy atom. The first-order valence-corrected chi connectivity index (χ1v) is 5.26. The zero-order valence-electron chi connectivity index (χ0n) is 7.79. The largest absolute Gasteiger partial charge is 0.488 e. The Bertz CT molecular complexity index is 466. The maximum absolute atomic E-state index is 12.1. The van der Waals surface area contributed by atoms with Gasteiger partial charge in [0.1, 0.15) is 11.5 Å². The van der Waals surface area contributed by atoms with Crippen molar-refractivity contribution in [2.24, 2.45) is 0 Å². The Labute approximate surface area is 90.6 Å². The molecule has 1 N–H and O–H groups in total. The Hall–Kier alpha value is -1.83. The number of benzene rings is 1. The summed E-state index contributed by atoms with van der Waals surface area (Å²) >= 11 is 0. The van der Waals surface area contributed by atoms with Crippen LogP contribution in [0.3, 0.4) is 0 Å². The summed E-state index contributed by atoms with van der Waals surface area (Å²) < 4.78 is 40.9. The molecule has 0 bridgehead atoms. The molecule has 0 saturated carbocycles. The lowest BCUT2D eigenvalue weighted by Gasteiger charge is -2.03. The van der Waals surface area contributed by atoms with Gasteiger partial charge in [-0.3, -0.25) is 0 Å². The average molecular weight is 250 g/mol. The normalized spacial score (nSPS) is 10.8. The van der Waals surface area contributed by atoms with Crippen LogP contribution in [-0.4, -0.2) is 26.1 Å². The monoisotopic (exact) mass is 250 g/mol. The van der Waals surface area contributed by atoms with Crippen molar-refractivity contribution < 1.29 is 31.1 Å². The predicted molar refractivity (Wildman–Crippen MR) is 50.2 cm³/mol. The fraction of sp³-hybridized carbons (Fsp3) is 0.125. The van der Waals surface area contributed by atoms with E-state index < -0.39 is 23.1 Å². The highest BCUT2D eigenvalue weighted by Gasteiger charge is 2.09. The van der Waals surface area contributed by atoms with E-state index in [-0.39, 0.29) is 11.5 Å². The van der Waals surface area contributed by atoms with Crippen LogP contribution < -0.4 is 8.92 Å². The number of carboxylic acid groups (broad SMARTS) is 1. The number of ether oxygens (including phenoxy) is 1. The Morgan fingerprint density at radius 3 is 2.19 bits per heavy atom. The lowest BCUT2D eigenvalue weighted by Crippen LogP contribution is -2.09. The summed E-state index contributed by atoms with van der Waals surface area (Å²) in [5, 5.41) is 8.30. The second-order valence-electron chi connectivity index (χ2n) is 2.63. The standard InChI is InChI=1S/C8H7FO6S/c9-16(12,13)15-7-3-1-6(2-4-7)14-5-8(10)11/h1-4H,5H2,(H,10,11). The molecule has 0 spiro atoms. The number of hydrogen-bond acceptors (Lipinski definition) is 5. The van der Waals surface area contributed by atoms with Crippen molar-refractivity contribution in [3.63, 3.8) is 0 Å². The van der Waals surface area contributed by atoms with Crippen molar-refractivity contribution in [2.75, 3.05) is 6.61 Å². The van der Waals surface area contributed by atoms with E-state index >= 15 is 0 Å². The van der Waals surface area contributed by atoms with E-state index in [0.717, 1.165) is 12.1 Å².